The van der Waals surface area contributed by atoms with Crippen LogP contribution in [0.3, 0.4) is 0 Å². The zero-order valence-electron chi connectivity index (χ0n) is 16.3. The highest BCUT2D eigenvalue weighted by molar-refractivity contribution is 6.36. The van der Waals surface area contributed by atoms with E-state index < -0.39 is 0 Å². The number of rotatable bonds is 8. The molecule has 0 saturated heterocycles. The molecule has 1 aliphatic rings. The maximum atomic E-state index is 12.9. The molecular weight excluding hydrogens is 356 g/mol. The normalized spacial score (nSPS) is 13.9. The van der Waals surface area contributed by atoms with Crippen LogP contribution in [0.1, 0.15) is 26.3 Å². The fourth-order valence-electron chi connectivity index (χ4n) is 3.11. The summed E-state index contributed by atoms with van der Waals surface area (Å²) in [7, 11) is 0. The number of hydrogen-bond donors (Lipinski definition) is 1. The number of nitrogens with zero attached hydrogens (tertiary/aromatic N) is 1. The van der Waals surface area contributed by atoms with E-state index in [2.05, 4.69) is 5.32 Å². The number of imide groups is 1. The Morgan fingerprint density at radius 3 is 2.18 bits per heavy atom. The second-order valence-electron chi connectivity index (χ2n) is 6.15. The molecule has 1 N–H and O–H groups in total. The van der Waals surface area contributed by atoms with Crippen molar-refractivity contribution in [3.63, 3.8) is 0 Å². The van der Waals surface area contributed by atoms with Crippen molar-refractivity contribution >= 4 is 23.1 Å². The second-order valence-corrected chi connectivity index (χ2v) is 6.15. The monoisotopic (exact) mass is 380 g/mol. The van der Waals surface area contributed by atoms with E-state index in [1.807, 2.05) is 32.0 Å². The summed E-state index contributed by atoms with van der Waals surface area (Å²) in [6.45, 7) is 7.02. The maximum Gasteiger partial charge on any atom is 0.278 e. The topological polar surface area (TPSA) is 67.9 Å². The van der Waals surface area contributed by atoms with Crippen LogP contribution in [0.15, 0.2) is 54.2 Å². The number of benzene rings is 2. The summed E-state index contributed by atoms with van der Waals surface area (Å²) in [5, 5.41) is 3.13. The number of anilines is 1. The molecule has 28 heavy (non-hydrogen) atoms. The Labute approximate surface area is 164 Å². The summed E-state index contributed by atoms with van der Waals surface area (Å²) in [5.41, 5.74) is 1.98. The van der Waals surface area contributed by atoms with Gasteiger partial charge in [-0.25, -0.2) is 0 Å². The van der Waals surface area contributed by atoms with E-state index in [0.717, 1.165) is 5.75 Å². The van der Waals surface area contributed by atoms with Gasteiger partial charge in [-0.1, -0.05) is 18.2 Å². The summed E-state index contributed by atoms with van der Waals surface area (Å²) in [5.74, 6) is 0.771. The molecule has 0 bridgehead atoms. The van der Waals surface area contributed by atoms with Crippen LogP contribution in [0, 0.1) is 0 Å². The van der Waals surface area contributed by atoms with E-state index in [9.17, 15) is 9.59 Å². The molecule has 3 rings (SSSR count). The van der Waals surface area contributed by atoms with E-state index in [4.69, 9.17) is 9.47 Å². The second kappa shape index (κ2) is 8.61. The third kappa shape index (κ3) is 3.86. The first-order valence-corrected chi connectivity index (χ1v) is 9.42. The Bertz CT molecular complexity index is 903. The van der Waals surface area contributed by atoms with E-state index >= 15 is 0 Å². The molecule has 1 heterocycles. The van der Waals surface area contributed by atoms with Crippen LogP contribution < -0.4 is 14.8 Å². The van der Waals surface area contributed by atoms with Crippen molar-refractivity contribution in [1.29, 1.82) is 0 Å². The number of carbonyl (C=O) groups excluding carboxylic acids is 2. The Hall–Kier alpha value is -3.28. The van der Waals surface area contributed by atoms with Gasteiger partial charge in [0, 0.05) is 18.3 Å². The van der Waals surface area contributed by atoms with Gasteiger partial charge in [0.15, 0.2) is 0 Å². The first kappa shape index (κ1) is 19.5. The third-order valence-electron chi connectivity index (χ3n) is 4.35. The van der Waals surface area contributed by atoms with E-state index in [-0.39, 0.29) is 17.5 Å². The van der Waals surface area contributed by atoms with Gasteiger partial charge in [0.1, 0.15) is 17.2 Å². The van der Waals surface area contributed by atoms with Crippen molar-refractivity contribution in [2.75, 3.05) is 25.1 Å². The quantitative estimate of drug-likeness (QED) is 0.708. The molecule has 0 aromatic heterocycles. The maximum absolute atomic E-state index is 12.9. The highest BCUT2D eigenvalue weighted by Crippen LogP contribution is 2.32. The molecular formula is C22H24N2O4. The predicted molar refractivity (Wildman–Crippen MR) is 108 cm³/mol. The molecule has 146 valence electrons. The SMILES string of the molecule is CCOc1ccc(C2=C(Nc3cccc(OCC)c3)C(=O)N(CC)C2=O)cc1. The molecule has 0 aliphatic carbocycles. The molecule has 1 aliphatic heterocycles. The van der Waals surface area contributed by atoms with Gasteiger partial charge in [-0.2, -0.15) is 0 Å². The number of ether oxygens (including phenoxy) is 2. The molecule has 0 atom stereocenters. The van der Waals surface area contributed by atoms with Crippen LogP contribution in [-0.4, -0.2) is 36.5 Å². The van der Waals surface area contributed by atoms with Crippen molar-refractivity contribution in [1.82, 2.24) is 4.90 Å². The van der Waals surface area contributed by atoms with Crippen LogP contribution in [0.4, 0.5) is 5.69 Å². The smallest absolute Gasteiger partial charge is 0.278 e. The van der Waals surface area contributed by atoms with Gasteiger partial charge in [0.05, 0.1) is 18.8 Å². The standard InChI is InChI=1S/C22H24N2O4/c1-4-24-21(25)19(15-10-12-17(13-11-15)27-5-2)20(22(24)26)23-16-8-7-9-18(14-16)28-6-3/h7-14,23H,4-6H2,1-3H3. The average molecular weight is 380 g/mol. The third-order valence-corrected chi connectivity index (χ3v) is 4.35. The lowest BCUT2D eigenvalue weighted by atomic mass is 10.0. The van der Waals surface area contributed by atoms with E-state index in [1.54, 1.807) is 37.3 Å². The molecule has 6 heteroatoms. The Balaban J connectivity index is 2.00. The minimum Gasteiger partial charge on any atom is -0.494 e. The largest absolute Gasteiger partial charge is 0.494 e. The van der Waals surface area contributed by atoms with Crippen molar-refractivity contribution in [3.8, 4) is 11.5 Å². The molecule has 6 nitrogen and oxygen atoms in total. The lowest BCUT2D eigenvalue weighted by Gasteiger charge is -2.12. The minimum absolute atomic E-state index is 0.268. The van der Waals surface area contributed by atoms with Crippen LogP contribution in [0.2, 0.25) is 0 Å². The predicted octanol–water partition coefficient (Wildman–Crippen LogP) is 3.70. The number of carbonyl (C=O) groups is 2. The number of nitrogens with one attached hydrogen (secondary N) is 1. The highest BCUT2D eigenvalue weighted by atomic mass is 16.5. The van der Waals surface area contributed by atoms with Crippen LogP contribution >= 0.6 is 0 Å². The van der Waals surface area contributed by atoms with Gasteiger partial charge in [-0.3, -0.25) is 14.5 Å². The fourth-order valence-corrected chi connectivity index (χ4v) is 3.11. The lowest BCUT2D eigenvalue weighted by molar-refractivity contribution is -0.136. The van der Waals surface area contributed by atoms with Crippen molar-refractivity contribution in [2.24, 2.45) is 0 Å². The highest BCUT2D eigenvalue weighted by Gasteiger charge is 2.38. The lowest BCUT2D eigenvalue weighted by Crippen LogP contribution is -2.32. The molecule has 2 aromatic rings. The van der Waals surface area contributed by atoms with Gasteiger partial charge in [-0.15, -0.1) is 0 Å². The summed E-state index contributed by atoms with van der Waals surface area (Å²) in [4.78, 5) is 27.0. The molecule has 0 saturated carbocycles. The van der Waals surface area contributed by atoms with Gasteiger partial charge in [0.25, 0.3) is 11.8 Å². The fraction of sp³-hybridized carbons (Fsp3) is 0.273. The molecule has 0 spiro atoms. The first-order valence-electron chi connectivity index (χ1n) is 9.42. The summed E-state index contributed by atoms with van der Waals surface area (Å²) in [6, 6.07) is 14.5. The molecule has 2 aromatic carbocycles. The van der Waals surface area contributed by atoms with Crippen molar-refractivity contribution in [2.45, 2.75) is 20.8 Å². The molecule has 2 amide bonds. The van der Waals surface area contributed by atoms with Crippen LogP contribution in [0.25, 0.3) is 5.57 Å². The molecule has 0 fully saturated rings. The van der Waals surface area contributed by atoms with Crippen molar-refractivity contribution < 1.29 is 19.1 Å². The zero-order valence-corrected chi connectivity index (χ0v) is 16.3. The summed E-state index contributed by atoms with van der Waals surface area (Å²) >= 11 is 0. The zero-order chi connectivity index (χ0) is 20.1. The van der Waals surface area contributed by atoms with Gasteiger partial charge < -0.3 is 14.8 Å². The summed E-state index contributed by atoms with van der Waals surface area (Å²) in [6.07, 6.45) is 0. The minimum atomic E-state index is -0.335. The van der Waals surface area contributed by atoms with Gasteiger partial charge in [0.2, 0.25) is 0 Å². The Morgan fingerprint density at radius 1 is 0.857 bits per heavy atom. The Kier molecular flexibility index (Phi) is 5.99. The summed E-state index contributed by atoms with van der Waals surface area (Å²) < 4.78 is 11.0. The van der Waals surface area contributed by atoms with Gasteiger partial charge >= 0.3 is 0 Å². The Morgan fingerprint density at radius 2 is 1.54 bits per heavy atom. The van der Waals surface area contributed by atoms with E-state index in [1.165, 1.54) is 4.90 Å². The molecule has 0 radical (unpaired) electrons. The number of hydrogen-bond acceptors (Lipinski definition) is 5. The van der Waals surface area contributed by atoms with Gasteiger partial charge in [-0.05, 0) is 50.6 Å². The van der Waals surface area contributed by atoms with Crippen LogP contribution in [-0.2, 0) is 9.59 Å². The van der Waals surface area contributed by atoms with Crippen LogP contribution in [0.5, 0.6) is 11.5 Å². The molecule has 0 unspecified atom stereocenters. The number of likely N-dealkylation sites (N-methyl/N-ethyl adjacent to an activating group) is 1. The first-order chi connectivity index (χ1) is 13.6. The van der Waals surface area contributed by atoms with Crippen molar-refractivity contribution in [3.05, 3.63) is 59.8 Å². The average Bonchev–Trinajstić information content (AvgIpc) is 2.93. The number of amides is 2. The van der Waals surface area contributed by atoms with E-state index in [0.29, 0.717) is 42.3 Å².